The second-order valence-electron chi connectivity index (χ2n) is 4.14. The third-order valence-corrected chi connectivity index (χ3v) is 2.42. The maximum atomic E-state index is 12.0. The number of amides is 1. The normalized spacial score (nSPS) is 11.2. The molecule has 0 saturated heterocycles. The molecule has 0 aliphatic carbocycles. The molecule has 118 valence electrons. The fourth-order valence-corrected chi connectivity index (χ4v) is 1.45. The number of hydrogen-bond donors (Lipinski definition) is 2. The van der Waals surface area contributed by atoms with Crippen molar-refractivity contribution in [3.05, 3.63) is 29.8 Å². The zero-order valence-corrected chi connectivity index (χ0v) is 11.5. The summed E-state index contributed by atoms with van der Waals surface area (Å²) >= 11 is 0. The summed E-state index contributed by atoms with van der Waals surface area (Å²) in [4.78, 5) is 11.4. The number of rotatable bonds is 8. The van der Waals surface area contributed by atoms with Gasteiger partial charge in [-0.3, -0.25) is 4.79 Å². The van der Waals surface area contributed by atoms with Gasteiger partial charge in [-0.2, -0.15) is 0 Å². The molecule has 0 bridgehead atoms. The molecule has 0 fully saturated rings. The molecule has 21 heavy (non-hydrogen) atoms. The van der Waals surface area contributed by atoms with Gasteiger partial charge in [0.1, 0.15) is 5.75 Å². The molecule has 2 N–H and O–H groups in total. The smallest absolute Gasteiger partial charge is 0.406 e. The number of halogens is 3. The van der Waals surface area contributed by atoms with E-state index >= 15 is 0 Å². The van der Waals surface area contributed by atoms with Gasteiger partial charge >= 0.3 is 6.36 Å². The second kappa shape index (κ2) is 8.48. The van der Waals surface area contributed by atoms with Crippen molar-refractivity contribution in [2.75, 3.05) is 26.8 Å². The zero-order chi connectivity index (χ0) is 15.7. The first-order valence-corrected chi connectivity index (χ1v) is 6.22. The number of benzene rings is 1. The van der Waals surface area contributed by atoms with E-state index in [0.29, 0.717) is 18.7 Å². The van der Waals surface area contributed by atoms with Crippen LogP contribution in [0.2, 0.25) is 0 Å². The Hall–Kier alpha value is -1.80. The molecule has 0 aromatic heterocycles. The van der Waals surface area contributed by atoms with Crippen LogP contribution in [0.1, 0.15) is 5.56 Å². The molecular weight excluding hydrogens is 289 g/mol. The van der Waals surface area contributed by atoms with Gasteiger partial charge in [0.2, 0.25) is 5.91 Å². The van der Waals surface area contributed by atoms with E-state index in [1.54, 1.807) is 7.11 Å². The first-order valence-electron chi connectivity index (χ1n) is 6.22. The molecular formula is C13H17F3N2O3. The predicted molar refractivity (Wildman–Crippen MR) is 69.7 cm³/mol. The number of hydrogen-bond acceptors (Lipinski definition) is 4. The lowest BCUT2D eigenvalue weighted by atomic mass is 10.2. The van der Waals surface area contributed by atoms with Crippen molar-refractivity contribution in [3.63, 3.8) is 0 Å². The summed E-state index contributed by atoms with van der Waals surface area (Å²) < 4.78 is 44.5. The van der Waals surface area contributed by atoms with E-state index < -0.39 is 6.36 Å². The van der Waals surface area contributed by atoms with Crippen LogP contribution in [-0.4, -0.2) is 39.1 Å². The Labute approximate surface area is 120 Å². The lowest BCUT2D eigenvalue weighted by Gasteiger charge is -2.10. The molecule has 1 aromatic carbocycles. The zero-order valence-electron chi connectivity index (χ0n) is 11.5. The van der Waals surface area contributed by atoms with Gasteiger partial charge in [0.25, 0.3) is 0 Å². The van der Waals surface area contributed by atoms with E-state index in [2.05, 4.69) is 15.4 Å². The van der Waals surface area contributed by atoms with E-state index in [1.807, 2.05) is 0 Å². The summed E-state index contributed by atoms with van der Waals surface area (Å²) in [6, 6.07) is 5.32. The van der Waals surface area contributed by atoms with E-state index in [0.717, 1.165) is 0 Å². The Morgan fingerprint density at radius 1 is 1.24 bits per heavy atom. The number of nitrogens with one attached hydrogen (secondary N) is 2. The van der Waals surface area contributed by atoms with Crippen LogP contribution in [0.4, 0.5) is 13.2 Å². The van der Waals surface area contributed by atoms with Crippen molar-refractivity contribution >= 4 is 5.91 Å². The van der Waals surface area contributed by atoms with E-state index in [-0.39, 0.29) is 24.7 Å². The molecule has 0 aliphatic heterocycles. The van der Waals surface area contributed by atoms with Crippen LogP contribution < -0.4 is 15.4 Å². The standard InChI is InChI=1S/C13H17F3N2O3/c1-20-7-6-17-9-12(19)18-8-10-2-4-11(5-3-10)21-13(14,15)16/h2-5,17H,6-9H2,1H3,(H,18,19). The third-order valence-electron chi connectivity index (χ3n) is 2.42. The predicted octanol–water partition coefficient (Wildman–Crippen LogP) is 1.44. The average Bonchev–Trinajstić information content (AvgIpc) is 2.41. The molecule has 0 radical (unpaired) electrons. The lowest BCUT2D eigenvalue weighted by molar-refractivity contribution is -0.274. The summed E-state index contributed by atoms with van der Waals surface area (Å²) in [7, 11) is 1.56. The topological polar surface area (TPSA) is 59.6 Å². The summed E-state index contributed by atoms with van der Waals surface area (Å²) in [5, 5.41) is 5.51. The molecule has 0 spiro atoms. The molecule has 8 heteroatoms. The fourth-order valence-electron chi connectivity index (χ4n) is 1.45. The van der Waals surface area contributed by atoms with Crippen LogP contribution in [0.15, 0.2) is 24.3 Å². The van der Waals surface area contributed by atoms with Crippen LogP contribution in [0, 0.1) is 0 Å². The Bertz CT molecular complexity index is 435. The second-order valence-corrected chi connectivity index (χ2v) is 4.14. The maximum absolute atomic E-state index is 12.0. The Morgan fingerprint density at radius 3 is 2.48 bits per heavy atom. The van der Waals surface area contributed by atoms with Crippen molar-refractivity contribution in [1.29, 1.82) is 0 Å². The third kappa shape index (κ3) is 8.16. The lowest BCUT2D eigenvalue weighted by Crippen LogP contribution is -2.34. The molecule has 0 atom stereocenters. The van der Waals surface area contributed by atoms with Gasteiger partial charge in [-0.15, -0.1) is 13.2 Å². The Morgan fingerprint density at radius 2 is 1.90 bits per heavy atom. The maximum Gasteiger partial charge on any atom is 0.573 e. The van der Waals surface area contributed by atoms with Gasteiger partial charge in [0, 0.05) is 20.2 Å². The molecule has 1 aromatic rings. The van der Waals surface area contributed by atoms with Gasteiger partial charge < -0.3 is 20.1 Å². The highest BCUT2D eigenvalue weighted by Crippen LogP contribution is 2.22. The molecule has 0 aliphatic rings. The Kier molecular flexibility index (Phi) is 6.97. The highest BCUT2D eigenvalue weighted by atomic mass is 19.4. The summed E-state index contributed by atoms with van der Waals surface area (Å²) in [5.74, 6) is -0.500. The van der Waals surface area contributed by atoms with Crippen molar-refractivity contribution < 1.29 is 27.4 Å². The molecule has 0 unspecified atom stereocenters. The highest BCUT2D eigenvalue weighted by molar-refractivity contribution is 5.77. The van der Waals surface area contributed by atoms with E-state index in [1.165, 1.54) is 24.3 Å². The van der Waals surface area contributed by atoms with Crippen LogP contribution in [-0.2, 0) is 16.1 Å². The minimum absolute atomic E-state index is 0.151. The largest absolute Gasteiger partial charge is 0.573 e. The van der Waals surface area contributed by atoms with Gasteiger partial charge in [0.05, 0.1) is 13.2 Å². The minimum Gasteiger partial charge on any atom is -0.406 e. The number of alkyl halides is 3. The number of ether oxygens (including phenoxy) is 2. The van der Waals surface area contributed by atoms with Crippen molar-refractivity contribution in [2.45, 2.75) is 12.9 Å². The van der Waals surface area contributed by atoms with Gasteiger partial charge in [-0.1, -0.05) is 12.1 Å². The summed E-state index contributed by atoms with van der Waals surface area (Å²) in [5.41, 5.74) is 0.676. The monoisotopic (exact) mass is 306 g/mol. The quantitative estimate of drug-likeness (QED) is 0.714. The minimum atomic E-state index is -4.70. The number of methoxy groups -OCH3 is 1. The molecule has 5 nitrogen and oxygen atoms in total. The van der Waals surface area contributed by atoms with E-state index in [9.17, 15) is 18.0 Å². The highest BCUT2D eigenvalue weighted by Gasteiger charge is 2.30. The first-order chi connectivity index (χ1) is 9.90. The van der Waals surface area contributed by atoms with Gasteiger partial charge in [-0.25, -0.2) is 0 Å². The number of carbonyl (C=O) groups is 1. The molecule has 1 rings (SSSR count). The average molecular weight is 306 g/mol. The van der Waals surface area contributed by atoms with Crippen LogP contribution in [0.3, 0.4) is 0 Å². The Balaban J connectivity index is 2.30. The van der Waals surface area contributed by atoms with E-state index in [4.69, 9.17) is 4.74 Å². The van der Waals surface area contributed by atoms with Gasteiger partial charge in [0.15, 0.2) is 0 Å². The SMILES string of the molecule is COCCNCC(=O)NCc1ccc(OC(F)(F)F)cc1. The fraction of sp³-hybridized carbons (Fsp3) is 0.462. The van der Waals surface area contributed by atoms with Crippen molar-refractivity contribution in [2.24, 2.45) is 0 Å². The van der Waals surface area contributed by atoms with Gasteiger partial charge in [-0.05, 0) is 17.7 Å². The molecule has 0 saturated carbocycles. The molecule has 0 heterocycles. The van der Waals surface area contributed by atoms with Crippen molar-refractivity contribution in [1.82, 2.24) is 10.6 Å². The van der Waals surface area contributed by atoms with Crippen LogP contribution in [0.5, 0.6) is 5.75 Å². The first kappa shape index (κ1) is 17.3. The summed E-state index contributed by atoms with van der Waals surface area (Å²) in [6.45, 7) is 1.46. The molecule has 1 amide bonds. The van der Waals surface area contributed by atoms with Crippen LogP contribution >= 0.6 is 0 Å². The number of carbonyl (C=O) groups excluding carboxylic acids is 1. The van der Waals surface area contributed by atoms with Crippen LogP contribution in [0.25, 0.3) is 0 Å². The summed E-state index contributed by atoms with van der Waals surface area (Å²) in [6.07, 6.45) is -4.70. The van der Waals surface area contributed by atoms with Crippen molar-refractivity contribution in [3.8, 4) is 5.75 Å².